The van der Waals surface area contributed by atoms with Gasteiger partial charge in [-0.25, -0.2) is 4.79 Å². The van der Waals surface area contributed by atoms with Gasteiger partial charge in [0.25, 0.3) is 0 Å². The van der Waals surface area contributed by atoms with Crippen LogP contribution in [0.1, 0.15) is 16.1 Å². The Kier molecular flexibility index (Phi) is 5.83. The fourth-order valence-electron chi connectivity index (χ4n) is 3.13. The minimum Gasteiger partial charge on any atom is -0.450 e. The number of ether oxygens (including phenoxy) is 1. The van der Waals surface area contributed by atoms with E-state index in [1.54, 1.807) is 18.2 Å². The van der Waals surface area contributed by atoms with Gasteiger partial charge in [0.1, 0.15) is 11.3 Å². The lowest BCUT2D eigenvalue weighted by Crippen LogP contribution is -2.16. The Morgan fingerprint density at radius 1 is 1.00 bits per heavy atom. The van der Waals surface area contributed by atoms with Crippen molar-refractivity contribution in [3.05, 3.63) is 97.8 Å². The first-order valence-corrected chi connectivity index (χ1v) is 10.2. The van der Waals surface area contributed by atoms with Crippen molar-refractivity contribution in [3.63, 3.8) is 0 Å². The first kappa shape index (κ1) is 22.1. The van der Waals surface area contributed by atoms with Gasteiger partial charge in [0.15, 0.2) is 0 Å². The van der Waals surface area contributed by atoms with Gasteiger partial charge in [-0.1, -0.05) is 41.9 Å². The zero-order valence-electron chi connectivity index (χ0n) is 15.9. The van der Waals surface area contributed by atoms with Crippen LogP contribution in [0.5, 0.6) is 5.75 Å². The SMILES string of the molecule is O=C(Oc1ccc2c(=O)c(-c3ccccc3Cl)c(C(F)(F)F)oc2c1)c1ccccc1Br. The van der Waals surface area contributed by atoms with Crippen molar-refractivity contribution >= 4 is 44.5 Å². The van der Waals surface area contributed by atoms with E-state index in [4.69, 9.17) is 20.8 Å². The Bertz CT molecular complexity index is 1410. The van der Waals surface area contributed by atoms with Crippen LogP contribution >= 0.6 is 27.5 Å². The van der Waals surface area contributed by atoms with Gasteiger partial charge in [-0.05, 0) is 46.3 Å². The number of halogens is 5. The Balaban J connectivity index is 1.86. The van der Waals surface area contributed by atoms with E-state index in [1.165, 1.54) is 42.5 Å². The largest absolute Gasteiger partial charge is 0.450 e. The topological polar surface area (TPSA) is 56.5 Å². The number of benzene rings is 3. The smallest absolute Gasteiger partial charge is 0.450 e. The summed E-state index contributed by atoms with van der Waals surface area (Å²) in [5.41, 5.74) is -1.85. The second-order valence-electron chi connectivity index (χ2n) is 6.64. The minimum absolute atomic E-state index is 0.0244. The zero-order valence-corrected chi connectivity index (χ0v) is 18.2. The third-order valence-electron chi connectivity index (χ3n) is 4.57. The summed E-state index contributed by atoms with van der Waals surface area (Å²) in [7, 11) is 0. The second kappa shape index (κ2) is 8.44. The highest BCUT2D eigenvalue weighted by Crippen LogP contribution is 2.39. The summed E-state index contributed by atoms with van der Waals surface area (Å²) in [5.74, 6) is -2.31. The molecule has 1 aromatic heterocycles. The summed E-state index contributed by atoms with van der Waals surface area (Å²) < 4.78 is 52.2. The fourth-order valence-corrected chi connectivity index (χ4v) is 3.81. The van der Waals surface area contributed by atoms with Crippen LogP contribution in [0, 0.1) is 0 Å². The van der Waals surface area contributed by atoms with Gasteiger partial charge < -0.3 is 9.15 Å². The van der Waals surface area contributed by atoms with Crippen LogP contribution < -0.4 is 10.2 Å². The van der Waals surface area contributed by atoms with E-state index in [9.17, 15) is 22.8 Å². The summed E-state index contributed by atoms with van der Waals surface area (Å²) in [4.78, 5) is 25.4. The first-order chi connectivity index (χ1) is 15.2. The highest BCUT2D eigenvalue weighted by Gasteiger charge is 2.39. The number of esters is 1. The maximum absolute atomic E-state index is 13.8. The van der Waals surface area contributed by atoms with Gasteiger partial charge in [-0.3, -0.25) is 4.79 Å². The number of alkyl halides is 3. The predicted octanol–water partition coefficient (Wildman–Crippen LogP) is 7.11. The maximum atomic E-state index is 13.8. The third kappa shape index (κ3) is 4.16. The van der Waals surface area contributed by atoms with E-state index < -0.39 is 28.9 Å². The van der Waals surface area contributed by atoms with Crippen LogP contribution in [-0.4, -0.2) is 5.97 Å². The fraction of sp³-hybridized carbons (Fsp3) is 0.0435. The maximum Gasteiger partial charge on any atom is 0.450 e. The average Bonchev–Trinajstić information content (AvgIpc) is 2.74. The van der Waals surface area contributed by atoms with Crippen molar-refractivity contribution in [2.45, 2.75) is 6.18 Å². The van der Waals surface area contributed by atoms with Crippen molar-refractivity contribution in [1.82, 2.24) is 0 Å². The molecule has 0 radical (unpaired) electrons. The lowest BCUT2D eigenvalue weighted by Gasteiger charge is -2.14. The summed E-state index contributed by atoms with van der Waals surface area (Å²) in [6, 6.07) is 15.8. The lowest BCUT2D eigenvalue weighted by atomic mass is 10.0. The van der Waals surface area contributed by atoms with Crippen molar-refractivity contribution < 1.29 is 27.1 Å². The molecule has 0 N–H and O–H groups in total. The summed E-state index contributed by atoms with van der Waals surface area (Å²) >= 11 is 9.28. The molecule has 1 heterocycles. The van der Waals surface area contributed by atoms with E-state index in [0.717, 1.165) is 6.07 Å². The molecule has 0 aliphatic rings. The number of carbonyl (C=O) groups excluding carboxylic acids is 1. The van der Waals surface area contributed by atoms with E-state index in [0.29, 0.717) is 4.47 Å². The van der Waals surface area contributed by atoms with Crippen molar-refractivity contribution in [3.8, 4) is 16.9 Å². The van der Waals surface area contributed by atoms with E-state index in [-0.39, 0.29) is 32.9 Å². The second-order valence-corrected chi connectivity index (χ2v) is 7.90. The van der Waals surface area contributed by atoms with Crippen LogP contribution in [-0.2, 0) is 6.18 Å². The normalized spacial score (nSPS) is 11.5. The minimum atomic E-state index is -4.97. The molecule has 4 nitrogen and oxygen atoms in total. The molecule has 0 amide bonds. The third-order valence-corrected chi connectivity index (χ3v) is 5.59. The molecule has 0 spiro atoms. The standard InChI is InChI=1S/C23H11BrClF3O4/c24-16-7-3-1-5-13(16)22(30)31-12-9-10-15-18(11-12)32-21(23(26,27)28)19(20(15)29)14-6-2-4-8-17(14)25/h1-11H. The number of fused-ring (bicyclic) bond motifs is 1. The van der Waals surface area contributed by atoms with Crippen LogP contribution in [0.4, 0.5) is 13.2 Å². The molecule has 4 aromatic rings. The monoisotopic (exact) mass is 522 g/mol. The quantitative estimate of drug-likeness (QED) is 0.212. The van der Waals surface area contributed by atoms with Gasteiger partial charge in [0.2, 0.25) is 11.2 Å². The molecule has 0 fully saturated rings. The molecular weight excluding hydrogens is 513 g/mol. The number of hydrogen-bond donors (Lipinski definition) is 0. The van der Waals surface area contributed by atoms with Crippen LogP contribution in [0.15, 0.2) is 80.4 Å². The van der Waals surface area contributed by atoms with Gasteiger partial charge >= 0.3 is 12.1 Å². The number of carbonyl (C=O) groups is 1. The number of rotatable bonds is 3. The Hall–Kier alpha value is -3.10. The molecule has 4 rings (SSSR count). The molecule has 0 unspecified atom stereocenters. The van der Waals surface area contributed by atoms with Gasteiger partial charge in [-0.2, -0.15) is 13.2 Å². The van der Waals surface area contributed by atoms with Crippen LogP contribution in [0.2, 0.25) is 5.02 Å². The number of hydrogen-bond acceptors (Lipinski definition) is 4. The average molecular weight is 524 g/mol. The Morgan fingerprint density at radius 2 is 1.69 bits per heavy atom. The Labute approximate surface area is 192 Å². The highest BCUT2D eigenvalue weighted by molar-refractivity contribution is 9.10. The van der Waals surface area contributed by atoms with Crippen LogP contribution in [0.3, 0.4) is 0 Å². The molecule has 0 aliphatic heterocycles. The van der Waals surface area contributed by atoms with Gasteiger partial charge in [0.05, 0.1) is 16.5 Å². The van der Waals surface area contributed by atoms with E-state index in [2.05, 4.69) is 15.9 Å². The molecule has 0 saturated carbocycles. The Morgan fingerprint density at radius 3 is 2.38 bits per heavy atom. The lowest BCUT2D eigenvalue weighted by molar-refractivity contribution is -0.152. The van der Waals surface area contributed by atoms with Gasteiger partial charge in [0, 0.05) is 21.1 Å². The van der Waals surface area contributed by atoms with Crippen LogP contribution in [0.25, 0.3) is 22.1 Å². The molecule has 9 heteroatoms. The van der Waals surface area contributed by atoms with E-state index >= 15 is 0 Å². The van der Waals surface area contributed by atoms with Crippen molar-refractivity contribution in [1.29, 1.82) is 0 Å². The molecule has 0 atom stereocenters. The molecule has 3 aromatic carbocycles. The molecule has 0 saturated heterocycles. The van der Waals surface area contributed by atoms with Crippen molar-refractivity contribution in [2.24, 2.45) is 0 Å². The summed E-state index contributed by atoms with van der Waals surface area (Å²) in [6.07, 6.45) is -4.97. The molecule has 162 valence electrons. The predicted molar refractivity (Wildman–Crippen MR) is 117 cm³/mol. The molecule has 32 heavy (non-hydrogen) atoms. The first-order valence-electron chi connectivity index (χ1n) is 9.06. The molecular formula is C23H11BrClF3O4. The van der Waals surface area contributed by atoms with E-state index in [1.807, 2.05) is 0 Å². The summed E-state index contributed by atoms with van der Waals surface area (Å²) in [6.45, 7) is 0. The van der Waals surface area contributed by atoms with Crippen molar-refractivity contribution in [2.75, 3.05) is 0 Å². The highest BCUT2D eigenvalue weighted by atomic mass is 79.9. The molecule has 0 bridgehead atoms. The zero-order chi connectivity index (χ0) is 23.0. The van der Waals surface area contributed by atoms with Gasteiger partial charge in [-0.15, -0.1) is 0 Å². The molecule has 0 aliphatic carbocycles. The summed E-state index contributed by atoms with van der Waals surface area (Å²) in [5, 5.41) is -0.141.